The van der Waals surface area contributed by atoms with Crippen molar-refractivity contribution < 1.29 is 0 Å². The van der Waals surface area contributed by atoms with Crippen molar-refractivity contribution in [1.82, 2.24) is 10.3 Å². The minimum Gasteiger partial charge on any atom is -0.376 e. The number of nitrogens with one attached hydrogen (secondary N) is 1. The Morgan fingerprint density at radius 1 is 1.33 bits per heavy atom. The Kier molecular flexibility index (Phi) is 5.84. The standard InChI is InChI=1S/C16H27N5/c1-21(2)15-10-7-11-18-14(15)12-19-16(17)20-13-8-5-3-4-6-9-13/h7,10-11,13H,3-6,8-9,12H2,1-2H3,(H3,17,19,20). The monoisotopic (exact) mass is 289 g/mol. The predicted octanol–water partition coefficient (Wildman–Crippen LogP) is 2.27. The highest BCUT2D eigenvalue weighted by Crippen LogP contribution is 2.18. The summed E-state index contributed by atoms with van der Waals surface area (Å²) >= 11 is 0. The van der Waals surface area contributed by atoms with Crippen molar-refractivity contribution in [2.75, 3.05) is 19.0 Å². The molecule has 1 aliphatic rings. The fraction of sp³-hybridized carbons (Fsp3) is 0.625. The second-order valence-corrected chi connectivity index (χ2v) is 5.90. The van der Waals surface area contributed by atoms with Crippen LogP contribution in [0.25, 0.3) is 0 Å². The number of aromatic nitrogens is 1. The minimum absolute atomic E-state index is 0.480. The second-order valence-electron chi connectivity index (χ2n) is 5.90. The molecule has 1 heterocycles. The first-order valence-electron chi connectivity index (χ1n) is 7.84. The zero-order valence-electron chi connectivity index (χ0n) is 13.2. The van der Waals surface area contributed by atoms with Gasteiger partial charge in [-0.2, -0.15) is 0 Å². The van der Waals surface area contributed by atoms with Gasteiger partial charge in [0.2, 0.25) is 0 Å². The van der Waals surface area contributed by atoms with Gasteiger partial charge in [-0.15, -0.1) is 0 Å². The number of guanidine groups is 1. The molecule has 0 amide bonds. The number of hydrogen-bond donors (Lipinski definition) is 2. The Bertz CT molecular complexity index is 461. The van der Waals surface area contributed by atoms with E-state index in [9.17, 15) is 0 Å². The van der Waals surface area contributed by atoms with Gasteiger partial charge in [0, 0.05) is 26.3 Å². The van der Waals surface area contributed by atoms with Gasteiger partial charge in [0.1, 0.15) is 0 Å². The molecule has 0 unspecified atom stereocenters. The zero-order chi connectivity index (χ0) is 15.1. The predicted molar refractivity (Wildman–Crippen MR) is 88.5 cm³/mol. The lowest BCUT2D eigenvalue weighted by Gasteiger charge is -2.17. The molecule has 5 nitrogen and oxygen atoms in total. The summed E-state index contributed by atoms with van der Waals surface area (Å²) in [6.45, 7) is 0.514. The highest BCUT2D eigenvalue weighted by Gasteiger charge is 2.12. The van der Waals surface area contributed by atoms with Crippen LogP contribution in [0.1, 0.15) is 44.2 Å². The van der Waals surface area contributed by atoms with Crippen molar-refractivity contribution >= 4 is 11.6 Å². The number of nitrogens with two attached hydrogens (primary N) is 1. The van der Waals surface area contributed by atoms with Crippen molar-refractivity contribution in [3.05, 3.63) is 24.0 Å². The fourth-order valence-corrected chi connectivity index (χ4v) is 2.80. The summed E-state index contributed by atoms with van der Waals surface area (Å²) in [7, 11) is 4.02. The van der Waals surface area contributed by atoms with Crippen LogP contribution in [0, 0.1) is 0 Å². The Balaban J connectivity index is 1.93. The van der Waals surface area contributed by atoms with E-state index in [4.69, 9.17) is 5.73 Å². The molecular weight excluding hydrogens is 262 g/mol. The quantitative estimate of drug-likeness (QED) is 0.507. The van der Waals surface area contributed by atoms with Crippen molar-refractivity contribution in [2.24, 2.45) is 10.7 Å². The van der Waals surface area contributed by atoms with Gasteiger partial charge in [-0.25, -0.2) is 4.99 Å². The van der Waals surface area contributed by atoms with Crippen LogP contribution in [0.5, 0.6) is 0 Å². The van der Waals surface area contributed by atoms with Gasteiger partial charge in [0.25, 0.3) is 0 Å². The molecule has 0 aromatic carbocycles. The summed E-state index contributed by atoms with van der Waals surface area (Å²) in [5, 5.41) is 3.36. The topological polar surface area (TPSA) is 66.5 Å². The lowest BCUT2D eigenvalue weighted by atomic mass is 10.1. The van der Waals surface area contributed by atoms with E-state index in [0.717, 1.165) is 11.4 Å². The molecule has 3 N–H and O–H groups in total. The van der Waals surface area contributed by atoms with Gasteiger partial charge in [-0.05, 0) is 25.0 Å². The van der Waals surface area contributed by atoms with Gasteiger partial charge in [0.15, 0.2) is 5.96 Å². The molecule has 0 bridgehead atoms. The number of aliphatic imine (C=N–C) groups is 1. The summed E-state index contributed by atoms with van der Waals surface area (Å²) < 4.78 is 0. The molecule has 1 aliphatic carbocycles. The van der Waals surface area contributed by atoms with E-state index in [1.54, 1.807) is 6.20 Å². The first-order valence-corrected chi connectivity index (χ1v) is 7.84. The molecule has 0 atom stereocenters. The number of anilines is 1. The van der Waals surface area contributed by atoms with Crippen LogP contribution in [0.15, 0.2) is 23.3 Å². The Hall–Kier alpha value is -1.78. The maximum atomic E-state index is 6.03. The highest BCUT2D eigenvalue weighted by atomic mass is 15.1. The summed E-state index contributed by atoms with van der Waals surface area (Å²) in [6.07, 6.45) is 9.45. The van der Waals surface area contributed by atoms with Gasteiger partial charge < -0.3 is 16.0 Å². The van der Waals surface area contributed by atoms with E-state index in [-0.39, 0.29) is 0 Å². The molecule has 1 saturated carbocycles. The maximum absolute atomic E-state index is 6.03. The van der Waals surface area contributed by atoms with Crippen LogP contribution in [0.2, 0.25) is 0 Å². The number of hydrogen-bond acceptors (Lipinski definition) is 3. The molecular formula is C16H27N5. The van der Waals surface area contributed by atoms with E-state index in [2.05, 4.69) is 15.3 Å². The highest BCUT2D eigenvalue weighted by molar-refractivity contribution is 5.78. The first kappa shape index (κ1) is 15.6. The summed E-state index contributed by atoms with van der Waals surface area (Å²) in [6, 6.07) is 4.47. The van der Waals surface area contributed by atoms with Crippen LogP contribution in [-0.2, 0) is 6.54 Å². The molecule has 116 valence electrons. The van der Waals surface area contributed by atoms with Crippen LogP contribution in [-0.4, -0.2) is 31.1 Å². The Labute approximate surface area is 127 Å². The first-order chi connectivity index (χ1) is 10.2. The third-order valence-electron chi connectivity index (χ3n) is 3.95. The molecule has 0 spiro atoms. The van der Waals surface area contributed by atoms with E-state index in [0.29, 0.717) is 18.5 Å². The van der Waals surface area contributed by atoms with Crippen LogP contribution in [0.3, 0.4) is 0 Å². The van der Waals surface area contributed by atoms with E-state index >= 15 is 0 Å². The molecule has 0 saturated heterocycles. The molecule has 1 fully saturated rings. The van der Waals surface area contributed by atoms with Crippen molar-refractivity contribution in [3.63, 3.8) is 0 Å². The number of pyridine rings is 1. The smallest absolute Gasteiger partial charge is 0.189 e. The minimum atomic E-state index is 0.480. The summed E-state index contributed by atoms with van der Waals surface area (Å²) in [5.74, 6) is 0.539. The second kappa shape index (κ2) is 7.86. The summed E-state index contributed by atoms with van der Waals surface area (Å²) in [5.41, 5.74) is 8.07. The number of nitrogens with zero attached hydrogens (tertiary/aromatic N) is 3. The molecule has 2 rings (SSSR count). The Morgan fingerprint density at radius 3 is 2.71 bits per heavy atom. The lowest BCUT2D eigenvalue weighted by Crippen LogP contribution is -2.39. The average molecular weight is 289 g/mol. The molecule has 0 aliphatic heterocycles. The molecule has 1 aromatic rings. The van der Waals surface area contributed by atoms with Gasteiger partial charge in [-0.3, -0.25) is 4.98 Å². The zero-order valence-corrected chi connectivity index (χ0v) is 13.2. The molecule has 5 heteroatoms. The normalized spacial score (nSPS) is 17.3. The summed E-state index contributed by atoms with van der Waals surface area (Å²) in [4.78, 5) is 10.9. The maximum Gasteiger partial charge on any atom is 0.189 e. The van der Waals surface area contributed by atoms with Crippen LogP contribution in [0.4, 0.5) is 5.69 Å². The van der Waals surface area contributed by atoms with Gasteiger partial charge >= 0.3 is 0 Å². The lowest BCUT2D eigenvalue weighted by molar-refractivity contribution is 0.530. The molecule has 0 radical (unpaired) electrons. The Morgan fingerprint density at radius 2 is 2.05 bits per heavy atom. The molecule has 1 aromatic heterocycles. The van der Waals surface area contributed by atoms with E-state index in [1.165, 1.54) is 38.5 Å². The number of rotatable bonds is 4. The van der Waals surface area contributed by atoms with Crippen molar-refractivity contribution in [2.45, 2.75) is 51.1 Å². The third-order valence-corrected chi connectivity index (χ3v) is 3.95. The third kappa shape index (κ3) is 4.92. The average Bonchev–Trinajstić information content (AvgIpc) is 2.74. The van der Waals surface area contributed by atoms with Crippen molar-refractivity contribution in [1.29, 1.82) is 0 Å². The molecule has 21 heavy (non-hydrogen) atoms. The SMILES string of the molecule is CN(C)c1cccnc1CN=C(N)NC1CCCCCC1. The van der Waals surface area contributed by atoms with E-state index in [1.807, 2.05) is 31.1 Å². The van der Waals surface area contributed by atoms with Crippen molar-refractivity contribution in [3.8, 4) is 0 Å². The van der Waals surface area contributed by atoms with Gasteiger partial charge in [0.05, 0.1) is 17.9 Å². The van der Waals surface area contributed by atoms with Crippen LogP contribution >= 0.6 is 0 Å². The van der Waals surface area contributed by atoms with Crippen LogP contribution < -0.4 is 16.0 Å². The van der Waals surface area contributed by atoms with Gasteiger partial charge in [-0.1, -0.05) is 25.7 Å². The largest absolute Gasteiger partial charge is 0.376 e. The fourth-order valence-electron chi connectivity index (χ4n) is 2.80. The van der Waals surface area contributed by atoms with E-state index < -0.39 is 0 Å².